The zero-order chi connectivity index (χ0) is 15.0. The molecule has 0 amide bonds. The summed E-state index contributed by atoms with van der Waals surface area (Å²) in [6, 6.07) is 0. The van der Waals surface area contributed by atoms with Crippen molar-refractivity contribution in [2.45, 2.75) is 25.7 Å². The van der Waals surface area contributed by atoms with Crippen LogP contribution < -0.4 is 10.2 Å². The Kier molecular flexibility index (Phi) is 5.78. The highest BCUT2D eigenvalue weighted by Gasteiger charge is 2.13. The molecule has 1 aromatic rings. The lowest BCUT2D eigenvalue weighted by molar-refractivity contribution is 0.0398. The van der Waals surface area contributed by atoms with Gasteiger partial charge in [0.25, 0.3) is 0 Å². The lowest BCUT2D eigenvalue weighted by Gasteiger charge is -2.26. The molecule has 3 heterocycles. The molecule has 2 aliphatic heterocycles. The number of nitrogens with one attached hydrogen (secondary N) is 1. The molecular formula is C15H26N6O. The van der Waals surface area contributed by atoms with Gasteiger partial charge < -0.3 is 15.0 Å². The molecule has 1 N–H and O–H groups in total. The molecule has 2 aliphatic rings. The van der Waals surface area contributed by atoms with Gasteiger partial charge in [-0.25, -0.2) is 0 Å². The van der Waals surface area contributed by atoms with Crippen LogP contribution in [-0.4, -0.2) is 72.6 Å². The van der Waals surface area contributed by atoms with Crippen LogP contribution in [0.2, 0.25) is 0 Å². The van der Waals surface area contributed by atoms with Gasteiger partial charge in [-0.2, -0.15) is 10.1 Å². The van der Waals surface area contributed by atoms with Gasteiger partial charge >= 0.3 is 0 Å². The molecule has 0 saturated carbocycles. The van der Waals surface area contributed by atoms with Gasteiger partial charge in [0.2, 0.25) is 5.95 Å². The average Bonchev–Trinajstić information content (AvgIpc) is 2.85. The van der Waals surface area contributed by atoms with Crippen molar-refractivity contribution >= 4 is 11.8 Å². The third-order valence-corrected chi connectivity index (χ3v) is 4.29. The Labute approximate surface area is 132 Å². The Bertz CT molecular complexity index is 443. The number of hydrogen-bond donors (Lipinski definition) is 1. The molecule has 3 rings (SSSR count). The highest BCUT2D eigenvalue weighted by atomic mass is 16.5. The lowest BCUT2D eigenvalue weighted by Crippen LogP contribution is -2.39. The molecule has 122 valence electrons. The van der Waals surface area contributed by atoms with Crippen LogP contribution >= 0.6 is 0 Å². The lowest BCUT2D eigenvalue weighted by atomic mass is 10.2. The van der Waals surface area contributed by atoms with Gasteiger partial charge in [-0.05, 0) is 12.8 Å². The van der Waals surface area contributed by atoms with Gasteiger partial charge in [0.05, 0.1) is 19.4 Å². The van der Waals surface area contributed by atoms with Gasteiger partial charge in [-0.1, -0.05) is 12.8 Å². The molecule has 0 spiro atoms. The number of aromatic nitrogens is 3. The van der Waals surface area contributed by atoms with Crippen LogP contribution in [0, 0.1) is 0 Å². The standard InChI is InChI=1S/C15H26N6O/c1-2-4-7-21(6-3-1)14-13-17-19-15(18-14)16-5-8-20-9-11-22-12-10-20/h13H,1-12H2,(H,16,18,19). The maximum absolute atomic E-state index is 5.36. The predicted molar refractivity (Wildman–Crippen MR) is 86.3 cm³/mol. The van der Waals surface area contributed by atoms with E-state index in [2.05, 4.69) is 30.3 Å². The van der Waals surface area contributed by atoms with Gasteiger partial charge in [-0.3, -0.25) is 4.90 Å². The molecule has 2 saturated heterocycles. The van der Waals surface area contributed by atoms with E-state index in [9.17, 15) is 0 Å². The first-order chi connectivity index (χ1) is 10.9. The second-order valence-corrected chi connectivity index (χ2v) is 5.92. The van der Waals surface area contributed by atoms with Crippen LogP contribution in [0.3, 0.4) is 0 Å². The predicted octanol–water partition coefficient (Wildman–Crippen LogP) is 0.996. The maximum Gasteiger partial charge on any atom is 0.244 e. The number of nitrogens with zero attached hydrogens (tertiary/aromatic N) is 5. The second-order valence-electron chi connectivity index (χ2n) is 5.92. The van der Waals surface area contributed by atoms with Gasteiger partial charge in [0.1, 0.15) is 0 Å². The van der Waals surface area contributed by atoms with E-state index in [0.29, 0.717) is 5.95 Å². The van der Waals surface area contributed by atoms with Gasteiger partial charge in [0.15, 0.2) is 5.82 Å². The Hall–Kier alpha value is -1.47. The molecule has 0 unspecified atom stereocenters. The largest absolute Gasteiger partial charge is 0.379 e. The van der Waals surface area contributed by atoms with Crippen molar-refractivity contribution in [3.05, 3.63) is 6.20 Å². The van der Waals surface area contributed by atoms with Crippen molar-refractivity contribution in [1.29, 1.82) is 0 Å². The van der Waals surface area contributed by atoms with Gasteiger partial charge in [0, 0.05) is 39.3 Å². The van der Waals surface area contributed by atoms with Crippen LogP contribution in [-0.2, 0) is 4.74 Å². The second kappa shape index (κ2) is 8.24. The molecule has 0 radical (unpaired) electrons. The van der Waals surface area contributed by atoms with Crippen LogP contribution in [0.15, 0.2) is 6.20 Å². The monoisotopic (exact) mass is 306 g/mol. The van der Waals surface area contributed by atoms with Crippen molar-refractivity contribution in [3.8, 4) is 0 Å². The number of morpholine rings is 1. The van der Waals surface area contributed by atoms with E-state index in [-0.39, 0.29) is 0 Å². The summed E-state index contributed by atoms with van der Waals surface area (Å²) < 4.78 is 5.36. The Balaban J connectivity index is 1.49. The third kappa shape index (κ3) is 4.51. The van der Waals surface area contributed by atoms with Crippen molar-refractivity contribution in [1.82, 2.24) is 20.1 Å². The van der Waals surface area contributed by atoms with Crippen LogP contribution in [0.25, 0.3) is 0 Å². The summed E-state index contributed by atoms with van der Waals surface area (Å²) in [7, 11) is 0. The summed E-state index contributed by atoms with van der Waals surface area (Å²) in [6.07, 6.45) is 6.89. The minimum absolute atomic E-state index is 0.634. The summed E-state index contributed by atoms with van der Waals surface area (Å²) in [4.78, 5) is 9.34. The highest BCUT2D eigenvalue weighted by molar-refractivity contribution is 5.40. The first kappa shape index (κ1) is 15.4. The highest BCUT2D eigenvalue weighted by Crippen LogP contribution is 2.16. The van der Waals surface area contributed by atoms with Crippen molar-refractivity contribution in [2.24, 2.45) is 0 Å². The first-order valence-electron chi connectivity index (χ1n) is 8.40. The minimum atomic E-state index is 0.634. The zero-order valence-corrected chi connectivity index (χ0v) is 13.2. The number of ether oxygens (including phenoxy) is 1. The molecular weight excluding hydrogens is 280 g/mol. The Morgan fingerprint density at radius 1 is 1.05 bits per heavy atom. The summed E-state index contributed by atoms with van der Waals surface area (Å²) in [6.45, 7) is 7.66. The molecule has 2 fully saturated rings. The van der Waals surface area contributed by atoms with E-state index >= 15 is 0 Å². The Morgan fingerprint density at radius 3 is 2.59 bits per heavy atom. The molecule has 7 heteroatoms. The fourth-order valence-corrected chi connectivity index (χ4v) is 2.97. The number of rotatable bonds is 5. The quantitative estimate of drug-likeness (QED) is 0.870. The smallest absolute Gasteiger partial charge is 0.244 e. The maximum atomic E-state index is 5.36. The third-order valence-electron chi connectivity index (χ3n) is 4.29. The Morgan fingerprint density at radius 2 is 1.82 bits per heavy atom. The van der Waals surface area contributed by atoms with Crippen molar-refractivity contribution < 1.29 is 4.74 Å². The molecule has 22 heavy (non-hydrogen) atoms. The van der Waals surface area contributed by atoms with Gasteiger partial charge in [-0.15, -0.1) is 5.10 Å². The van der Waals surface area contributed by atoms with E-state index in [4.69, 9.17) is 4.74 Å². The van der Waals surface area contributed by atoms with E-state index in [1.54, 1.807) is 6.20 Å². The van der Waals surface area contributed by atoms with E-state index in [1.807, 2.05) is 0 Å². The minimum Gasteiger partial charge on any atom is -0.379 e. The topological polar surface area (TPSA) is 66.4 Å². The SMILES string of the molecule is c1nnc(NCCN2CCOCC2)nc1N1CCCCCC1. The molecule has 0 atom stereocenters. The molecule has 0 aromatic carbocycles. The van der Waals surface area contributed by atoms with E-state index in [0.717, 1.165) is 58.3 Å². The molecule has 0 aliphatic carbocycles. The summed E-state index contributed by atoms with van der Waals surface area (Å²) >= 11 is 0. The summed E-state index contributed by atoms with van der Waals surface area (Å²) in [5.74, 6) is 1.58. The molecule has 0 bridgehead atoms. The van der Waals surface area contributed by atoms with Crippen molar-refractivity contribution in [2.75, 3.05) is 62.7 Å². The van der Waals surface area contributed by atoms with Crippen LogP contribution in [0.5, 0.6) is 0 Å². The average molecular weight is 306 g/mol. The summed E-state index contributed by atoms with van der Waals surface area (Å²) in [5, 5.41) is 11.5. The summed E-state index contributed by atoms with van der Waals surface area (Å²) in [5.41, 5.74) is 0. The first-order valence-corrected chi connectivity index (χ1v) is 8.40. The fraction of sp³-hybridized carbons (Fsp3) is 0.800. The number of anilines is 2. The molecule has 7 nitrogen and oxygen atoms in total. The number of hydrogen-bond acceptors (Lipinski definition) is 7. The van der Waals surface area contributed by atoms with E-state index in [1.165, 1.54) is 25.7 Å². The van der Waals surface area contributed by atoms with Crippen molar-refractivity contribution in [3.63, 3.8) is 0 Å². The zero-order valence-electron chi connectivity index (χ0n) is 13.2. The van der Waals surface area contributed by atoms with Crippen LogP contribution in [0.4, 0.5) is 11.8 Å². The van der Waals surface area contributed by atoms with E-state index < -0.39 is 0 Å². The molecule has 1 aromatic heterocycles. The fourth-order valence-electron chi connectivity index (χ4n) is 2.97. The van der Waals surface area contributed by atoms with Crippen LogP contribution in [0.1, 0.15) is 25.7 Å². The normalized spacial score (nSPS) is 20.6.